The van der Waals surface area contributed by atoms with Crippen molar-refractivity contribution in [2.24, 2.45) is 0 Å². The van der Waals surface area contributed by atoms with E-state index < -0.39 is 29.5 Å². The van der Waals surface area contributed by atoms with Gasteiger partial charge in [-0.15, -0.1) is 11.3 Å². The molecule has 2 aromatic heterocycles. The normalized spacial score (nSPS) is 24.0. The quantitative estimate of drug-likeness (QED) is 0.146. The maximum Gasteiger partial charge on any atom is 0.319 e. The zero-order valence-corrected chi connectivity index (χ0v) is 27.7. The molecule has 0 radical (unpaired) electrons. The van der Waals surface area contributed by atoms with Crippen molar-refractivity contribution in [1.29, 1.82) is 0 Å². The second-order valence-electron chi connectivity index (χ2n) is 13.5. The molecule has 3 saturated heterocycles. The third-order valence-corrected chi connectivity index (χ3v) is 11.2. The van der Waals surface area contributed by atoms with Crippen molar-refractivity contribution in [3.05, 3.63) is 65.4 Å². The summed E-state index contributed by atoms with van der Waals surface area (Å²) in [7, 11) is 0. The molecule has 1 aliphatic carbocycles. The standard InChI is InChI=1S/C36H35F3N6O3S/c1-21(37)34(46)45-14-13-43(18-23(45)16-40-2)33-27-10-9-26(25-5-3-6-29-30(25)28(39)19-49-29)32(48-24-7-8-24)31(27)41-35(42-33)47-20-36-11-4-12-44(36)17-22(38)15-36/h3,5-6,9-10,19,22-24H,1,4,7-8,11-18,20H2/t22-,23+,36+/m1/s1. The lowest BCUT2D eigenvalue weighted by Crippen LogP contribution is -2.56. The molecule has 3 aliphatic heterocycles. The molecule has 1 amide bonds. The first-order chi connectivity index (χ1) is 23.7. The summed E-state index contributed by atoms with van der Waals surface area (Å²) in [6.07, 6.45) is 2.99. The number of thiophene rings is 1. The Morgan fingerprint density at radius 3 is 2.80 bits per heavy atom. The summed E-state index contributed by atoms with van der Waals surface area (Å²) >= 11 is 1.34. The van der Waals surface area contributed by atoms with E-state index in [0.29, 0.717) is 58.5 Å². The lowest BCUT2D eigenvalue weighted by Gasteiger charge is -2.39. The molecule has 0 spiro atoms. The summed E-state index contributed by atoms with van der Waals surface area (Å²) in [6.45, 7) is 12.8. The molecular formula is C36H35F3N6O3S. The summed E-state index contributed by atoms with van der Waals surface area (Å²) in [5, 5.41) is 2.67. The molecule has 1 saturated carbocycles. The zero-order chi connectivity index (χ0) is 33.9. The minimum Gasteiger partial charge on any atom is -0.487 e. The molecule has 49 heavy (non-hydrogen) atoms. The van der Waals surface area contributed by atoms with Gasteiger partial charge >= 0.3 is 6.01 Å². The van der Waals surface area contributed by atoms with Crippen LogP contribution in [0.1, 0.15) is 32.1 Å². The van der Waals surface area contributed by atoms with Gasteiger partial charge in [-0.3, -0.25) is 9.69 Å². The highest BCUT2D eigenvalue weighted by atomic mass is 32.1. The van der Waals surface area contributed by atoms with Crippen molar-refractivity contribution >= 4 is 44.1 Å². The third-order valence-electron chi connectivity index (χ3n) is 10.2. The molecule has 8 rings (SSSR count). The SMILES string of the molecule is [C-]#[N+]C[C@H]1CN(c2nc(OC[C@@]34CCCN3C[C@H](F)C4)nc3c(OC4CC4)c(-c4cccc5scc(F)c45)ccc23)CCN1C(=O)C(=C)F. The first-order valence-electron chi connectivity index (χ1n) is 16.7. The fraction of sp³-hybridized carbons (Fsp3) is 0.444. The van der Waals surface area contributed by atoms with E-state index in [9.17, 15) is 13.6 Å². The minimum atomic E-state index is -1.07. The Balaban J connectivity index is 1.26. The monoisotopic (exact) mass is 688 g/mol. The predicted molar refractivity (Wildman–Crippen MR) is 182 cm³/mol. The number of rotatable bonds is 9. The van der Waals surface area contributed by atoms with Gasteiger partial charge in [-0.1, -0.05) is 18.7 Å². The Morgan fingerprint density at radius 2 is 2.00 bits per heavy atom. The van der Waals surface area contributed by atoms with E-state index in [0.717, 1.165) is 36.9 Å². The number of hydrogen-bond acceptors (Lipinski definition) is 8. The van der Waals surface area contributed by atoms with E-state index in [-0.39, 0.29) is 44.2 Å². The average molecular weight is 689 g/mol. The fourth-order valence-electron chi connectivity index (χ4n) is 7.78. The Kier molecular flexibility index (Phi) is 8.11. The number of aromatic nitrogens is 2. The van der Waals surface area contributed by atoms with E-state index in [1.54, 1.807) is 0 Å². The Morgan fingerprint density at radius 1 is 1.14 bits per heavy atom. The molecule has 13 heteroatoms. The van der Waals surface area contributed by atoms with Crippen molar-refractivity contribution in [2.45, 2.75) is 56.0 Å². The first-order valence-corrected chi connectivity index (χ1v) is 17.6. The van der Waals surface area contributed by atoms with Crippen molar-refractivity contribution in [3.63, 3.8) is 0 Å². The number of halogens is 3. The second kappa shape index (κ2) is 12.5. The molecule has 5 heterocycles. The van der Waals surface area contributed by atoms with Gasteiger partial charge in [-0.2, -0.15) is 9.97 Å². The summed E-state index contributed by atoms with van der Waals surface area (Å²) in [5.41, 5.74) is 1.44. The molecule has 2 aromatic carbocycles. The largest absolute Gasteiger partial charge is 0.487 e. The third kappa shape index (κ3) is 5.74. The first kappa shape index (κ1) is 31.8. The highest BCUT2D eigenvalue weighted by Crippen LogP contribution is 2.46. The van der Waals surface area contributed by atoms with Crippen LogP contribution in [0.2, 0.25) is 0 Å². The molecule has 0 N–H and O–H groups in total. The molecule has 3 atom stereocenters. The van der Waals surface area contributed by atoms with Crippen LogP contribution in [0.4, 0.5) is 19.0 Å². The number of hydrogen-bond donors (Lipinski definition) is 0. The van der Waals surface area contributed by atoms with Crippen LogP contribution in [0, 0.1) is 12.4 Å². The molecule has 9 nitrogen and oxygen atoms in total. The van der Waals surface area contributed by atoms with Crippen LogP contribution in [0.25, 0.3) is 37.0 Å². The maximum absolute atomic E-state index is 15.2. The van der Waals surface area contributed by atoms with Gasteiger partial charge in [0.2, 0.25) is 6.54 Å². The summed E-state index contributed by atoms with van der Waals surface area (Å²) in [6, 6.07) is 8.95. The molecule has 0 unspecified atom stereocenters. The van der Waals surface area contributed by atoms with Gasteiger partial charge in [0.1, 0.15) is 36.0 Å². The van der Waals surface area contributed by atoms with E-state index in [1.807, 2.05) is 35.2 Å². The average Bonchev–Trinajstić information content (AvgIpc) is 3.59. The van der Waals surface area contributed by atoms with Gasteiger partial charge in [0.05, 0.1) is 11.6 Å². The molecule has 4 aromatic rings. The molecule has 0 bridgehead atoms. The Labute approximate surface area is 285 Å². The van der Waals surface area contributed by atoms with Crippen LogP contribution in [0.3, 0.4) is 0 Å². The van der Waals surface area contributed by atoms with Crippen molar-refractivity contribution in [2.75, 3.05) is 50.8 Å². The molecular weight excluding hydrogens is 653 g/mol. The van der Waals surface area contributed by atoms with Gasteiger partial charge in [-0.05, 0) is 56.0 Å². The van der Waals surface area contributed by atoms with E-state index in [2.05, 4.69) is 16.3 Å². The lowest BCUT2D eigenvalue weighted by atomic mass is 9.95. The van der Waals surface area contributed by atoms with Crippen molar-refractivity contribution in [1.82, 2.24) is 19.8 Å². The number of nitrogens with zero attached hydrogens (tertiary/aromatic N) is 6. The van der Waals surface area contributed by atoms with Crippen LogP contribution in [-0.4, -0.2) is 95.4 Å². The van der Waals surface area contributed by atoms with Gasteiger partial charge in [0.15, 0.2) is 11.6 Å². The van der Waals surface area contributed by atoms with Crippen molar-refractivity contribution < 1.29 is 27.4 Å². The number of fused-ring (bicyclic) bond motifs is 3. The summed E-state index contributed by atoms with van der Waals surface area (Å²) in [4.78, 5) is 31.5. The maximum atomic E-state index is 15.2. The highest BCUT2D eigenvalue weighted by molar-refractivity contribution is 7.17. The molecule has 4 aliphatic rings. The van der Waals surface area contributed by atoms with Crippen LogP contribution in [0.15, 0.2) is 48.1 Å². The summed E-state index contributed by atoms with van der Waals surface area (Å²) < 4.78 is 57.6. The van der Waals surface area contributed by atoms with Gasteiger partial charge in [0.25, 0.3) is 5.91 Å². The number of amides is 1. The number of alkyl halides is 1. The second-order valence-corrected chi connectivity index (χ2v) is 14.4. The number of benzene rings is 2. The zero-order valence-electron chi connectivity index (χ0n) is 26.8. The lowest BCUT2D eigenvalue weighted by molar-refractivity contribution is -0.131. The van der Waals surface area contributed by atoms with Crippen LogP contribution in [-0.2, 0) is 4.79 Å². The number of carbonyl (C=O) groups excluding carboxylic acids is 1. The van der Waals surface area contributed by atoms with E-state index in [4.69, 9.17) is 26.0 Å². The highest BCUT2D eigenvalue weighted by Gasteiger charge is 2.49. The summed E-state index contributed by atoms with van der Waals surface area (Å²) in [5.74, 6) is -1.19. The Bertz CT molecular complexity index is 2010. The predicted octanol–water partition coefficient (Wildman–Crippen LogP) is 6.57. The molecule has 4 fully saturated rings. The van der Waals surface area contributed by atoms with E-state index >= 15 is 4.39 Å². The van der Waals surface area contributed by atoms with Gasteiger partial charge < -0.3 is 24.1 Å². The minimum absolute atomic E-state index is 0.0176. The topological polar surface area (TPSA) is 75.4 Å². The van der Waals surface area contributed by atoms with Gasteiger partial charge in [0, 0.05) is 59.0 Å². The van der Waals surface area contributed by atoms with E-state index in [1.165, 1.54) is 21.6 Å². The van der Waals surface area contributed by atoms with Gasteiger partial charge in [-0.25, -0.2) is 19.7 Å². The van der Waals surface area contributed by atoms with Crippen LogP contribution >= 0.6 is 11.3 Å². The molecule has 254 valence electrons. The Hall–Kier alpha value is -4.41. The van der Waals surface area contributed by atoms with Crippen molar-refractivity contribution in [3.8, 4) is 22.9 Å². The number of carbonyl (C=O) groups is 1. The number of piperazine rings is 1. The number of ether oxygens (including phenoxy) is 2. The number of anilines is 1. The smallest absolute Gasteiger partial charge is 0.319 e. The van der Waals surface area contributed by atoms with Crippen LogP contribution < -0.4 is 14.4 Å². The van der Waals surface area contributed by atoms with Crippen LogP contribution in [0.5, 0.6) is 11.8 Å². The fourth-order valence-corrected chi connectivity index (χ4v) is 8.61.